The summed E-state index contributed by atoms with van der Waals surface area (Å²) in [5.41, 5.74) is 3.51. The van der Waals surface area contributed by atoms with E-state index in [0.717, 1.165) is 64.5 Å². The molecule has 2 heterocycles. The normalized spacial score (nSPS) is 18.0. The highest BCUT2D eigenvalue weighted by atomic mass is 79.9. The van der Waals surface area contributed by atoms with E-state index in [1.54, 1.807) is 0 Å². The Bertz CT molecular complexity index is 1010. The molecule has 4 rings (SSSR count). The molecule has 2 aromatic carbocycles. The number of aliphatic imine (C=N–C) groups is 2. The number of aryl methyl sites for hydroxylation is 1. The van der Waals surface area contributed by atoms with Crippen molar-refractivity contribution in [3.63, 3.8) is 0 Å². The third-order valence-electron chi connectivity index (χ3n) is 5.70. The number of nitrogens with one attached hydrogen (secondary N) is 1. The molecule has 0 aliphatic carbocycles. The molecule has 0 unspecified atom stereocenters. The number of piperidine rings is 1. The molecule has 0 radical (unpaired) electrons. The van der Waals surface area contributed by atoms with Crippen LogP contribution in [-0.4, -0.2) is 52.6 Å². The lowest BCUT2D eigenvalue weighted by Crippen LogP contribution is -2.41. The number of nitrogens with zero attached hydrogens (tertiary/aromatic N) is 3. The molecule has 0 aromatic heterocycles. The van der Waals surface area contributed by atoms with E-state index in [9.17, 15) is 4.79 Å². The summed E-state index contributed by atoms with van der Waals surface area (Å²) in [6.45, 7) is 7.28. The fraction of sp³-hybridized carbons (Fsp3) is 0.375. The van der Waals surface area contributed by atoms with Crippen molar-refractivity contribution in [3.8, 4) is 0 Å². The topological polar surface area (TPSA) is 57.1 Å². The number of benzene rings is 2. The molecule has 2 aliphatic rings. The first kappa shape index (κ1) is 22.2. The zero-order valence-corrected chi connectivity index (χ0v) is 20.3. The predicted octanol–water partition coefficient (Wildman–Crippen LogP) is 5.14. The quantitative estimate of drug-likeness (QED) is 0.620. The van der Waals surface area contributed by atoms with Crippen LogP contribution in [0.25, 0.3) is 0 Å². The molecule has 1 N–H and O–H groups in total. The van der Waals surface area contributed by atoms with Crippen LogP contribution < -0.4 is 5.32 Å². The Morgan fingerprint density at radius 2 is 1.90 bits per heavy atom. The van der Waals surface area contributed by atoms with E-state index in [4.69, 9.17) is 9.98 Å². The summed E-state index contributed by atoms with van der Waals surface area (Å²) in [6, 6.07) is 16.0. The first-order valence-corrected chi connectivity index (χ1v) is 12.4. The van der Waals surface area contributed by atoms with Gasteiger partial charge >= 0.3 is 0 Å². The van der Waals surface area contributed by atoms with E-state index in [1.807, 2.05) is 43.3 Å². The number of thioether (sulfide) groups is 1. The van der Waals surface area contributed by atoms with E-state index in [2.05, 4.69) is 45.2 Å². The van der Waals surface area contributed by atoms with Crippen LogP contribution in [0.3, 0.4) is 0 Å². The highest BCUT2D eigenvalue weighted by Crippen LogP contribution is 2.35. The van der Waals surface area contributed by atoms with Crippen molar-refractivity contribution in [2.24, 2.45) is 9.98 Å². The van der Waals surface area contributed by atoms with Gasteiger partial charge in [-0.25, -0.2) is 4.99 Å². The van der Waals surface area contributed by atoms with Crippen LogP contribution in [0, 0.1) is 6.92 Å². The molecule has 1 spiro atoms. The maximum Gasteiger partial charge on any atom is 0.234 e. The SMILES string of the molecule is CCN1CCC2(CC1)N=C(SCC(=O)Nc1cccc(C)c1)C(c1ccc(Br)cc1)=N2. The van der Waals surface area contributed by atoms with Gasteiger partial charge in [0.25, 0.3) is 0 Å². The van der Waals surface area contributed by atoms with Crippen LogP contribution in [0.15, 0.2) is 63.0 Å². The Morgan fingerprint density at radius 1 is 1.16 bits per heavy atom. The summed E-state index contributed by atoms with van der Waals surface area (Å²) in [5, 5.41) is 3.85. The molecule has 162 valence electrons. The van der Waals surface area contributed by atoms with Crippen LogP contribution in [0.1, 0.15) is 30.9 Å². The van der Waals surface area contributed by atoms with E-state index >= 15 is 0 Å². The lowest BCUT2D eigenvalue weighted by atomic mass is 9.98. The van der Waals surface area contributed by atoms with Gasteiger partial charge in [0.1, 0.15) is 5.04 Å². The lowest BCUT2D eigenvalue weighted by Gasteiger charge is -2.34. The number of anilines is 1. The minimum atomic E-state index is -0.385. The molecule has 2 aliphatic heterocycles. The number of likely N-dealkylation sites (tertiary alicyclic amines) is 1. The van der Waals surface area contributed by atoms with Crippen molar-refractivity contribution in [2.75, 3.05) is 30.7 Å². The van der Waals surface area contributed by atoms with E-state index < -0.39 is 0 Å². The first-order valence-electron chi connectivity index (χ1n) is 10.6. The number of hydrogen-bond acceptors (Lipinski definition) is 5. The van der Waals surface area contributed by atoms with E-state index in [0.29, 0.717) is 5.75 Å². The molecule has 1 saturated heterocycles. The van der Waals surface area contributed by atoms with Gasteiger partial charge in [-0.2, -0.15) is 0 Å². The summed E-state index contributed by atoms with van der Waals surface area (Å²) in [5.74, 6) is 0.273. The number of carbonyl (C=O) groups excluding carboxylic acids is 1. The van der Waals surface area contributed by atoms with Crippen LogP contribution >= 0.6 is 27.7 Å². The third-order valence-corrected chi connectivity index (χ3v) is 7.19. The fourth-order valence-electron chi connectivity index (χ4n) is 3.92. The van der Waals surface area contributed by atoms with Gasteiger partial charge < -0.3 is 10.2 Å². The van der Waals surface area contributed by atoms with Gasteiger partial charge in [0, 0.05) is 41.7 Å². The molecule has 2 aromatic rings. The van der Waals surface area contributed by atoms with Gasteiger partial charge in [0.05, 0.1) is 11.5 Å². The Morgan fingerprint density at radius 3 is 2.58 bits per heavy atom. The number of carbonyl (C=O) groups is 1. The summed E-state index contributed by atoms with van der Waals surface area (Å²) in [6.07, 6.45) is 1.83. The van der Waals surface area contributed by atoms with Crippen LogP contribution in [-0.2, 0) is 4.79 Å². The zero-order valence-electron chi connectivity index (χ0n) is 17.9. The average Bonchev–Trinajstić information content (AvgIpc) is 3.11. The molecular weight excluding hydrogens is 472 g/mol. The van der Waals surface area contributed by atoms with Gasteiger partial charge in [-0.05, 0) is 43.3 Å². The molecular formula is C24H27BrN4OS. The average molecular weight is 499 g/mol. The number of amides is 1. The number of rotatable bonds is 5. The zero-order chi connectivity index (χ0) is 21.8. The monoisotopic (exact) mass is 498 g/mol. The largest absolute Gasteiger partial charge is 0.325 e. The second-order valence-electron chi connectivity index (χ2n) is 8.01. The van der Waals surface area contributed by atoms with Gasteiger partial charge in [-0.3, -0.25) is 9.79 Å². The van der Waals surface area contributed by atoms with Crippen molar-refractivity contribution in [1.29, 1.82) is 0 Å². The minimum absolute atomic E-state index is 0.0322. The van der Waals surface area contributed by atoms with E-state index in [-0.39, 0.29) is 11.6 Å². The van der Waals surface area contributed by atoms with E-state index in [1.165, 1.54) is 11.8 Å². The van der Waals surface area contributed by atoms with Crippen molar-refractivity contribution in [2.45, 2.75) is 32.4 Å². The minimum Gasteiger partial charge on any atom is -0.325 e. The molecule has 5 nitrogen and oxygen atoms in total. The summed E-state index contributed by atoms with van der Waals surface area (Å²) >= 11 is 4.99. The lowest BCUT2D eigenvalue weighted by molar-refractivity contribution is -0.113. The predicted molar refractivity (Wildman–Crippen MR) is 134 cm³/mol. The van der Waals surface area contributed by atoms with Crippen LogP contribution in [0.2, 0.25) is 0 Å². The van der Waals surface area contributed by atoms with Gasteiger partial charge in [0.15, 0.2) is 5.66 Å². The van der Waals surface area contributed by atoms with Crippen molar-refractivity contribution >= 4 is 50.0 Å². The van der Waals surface area contributed by atoms with Crippen molar-refractivity contribution in [3.05, 3.63) is 64.1 Å². The van der Waals surface area contributed by atoms with Crippen molar-refractivity contribution in [1.82, 2.24) is 4.90 Å². The third kappa shape index (κ3) is 5.45. The molecule has 0 bridgehead atoms. The Labute approximate surface area is 196 Å². The Kier molecular flexibility index (Phi) is 6.94. The van der Waals surface area contributed by atoms with Gasteiger partial charge in [0.2, 0.25) is 5.91 Å². The molecule has 0 atom stereocenters. The smallest absolute Gasteiger partial charge is 0.234 e. The highest BCUT2D eigenvalue weighted by molar-refractivity contribution is 9.10. The molecule has 7 heteroatoms. The van der Waals surface area contributed by atoms with Gasteiger partial charge in [-0.1, -0.05) is 58.9 Å². The molecule has 0 saturated carbocycles. The van der Waals surface area contributed by atoms with Crippen LogP contribution in [0.5, 0.6) is 0 Å². The first-order chi connectivity index (χ1) is 15.0. The summed E-state index contributed by atoms with van der Waals surface area (Å²) < 4.78 is 1.03. The maximum atomic E-state index is 12.6. The summed E-state index contributed by atoms with van der Waals surface area (Å²) in [7, 11) is 0. The molecule has 1 fully saturated rings. The summed E-state index contributed by atoms with van der Waals surface area (Å²) in [4.78, 5) is 25.2. The maximum absolute atomic E-state index is 12.6. The Hall–Kier alpha value is -1.96. The molecule has 1 amide bonds. The van der Waals surface area contributed by atoms with Crippen LogP contribution in [0.4, 0.5) is 5.69 Å². The second kappa shape index (κ2) is 9.67. The Balaban J connectivity index is 1.50. The second-order valence-corrected chi connectivity index (χ2v) is 9.89. The fourth-order valence-corrected chi connectivity index (χ4v) is 5.06. The van der Waals surface area contributed by atoms with Gasteiger partial charge in [-0.15, -0.1) is 0 Å². The highest BCUT2D eigenvalue weighted by Gasteiger charge is 2.39. The number of halogens is 1. The standard InChI is InChI=1S/C24H27BrN4OS/c1-3-29-13-11-24(12-14-29)27-22(18-7-9-19(25)10-8-18)23(28-24)31-16-21(30)26-20-6-4-5-17(2)15-20/h4-10,15H,3,11-14,16H2,1-2H3,(H,26,30). The van der Waals surface area contributed by atoms with Crippen molar-refractivity contribution < 1.29 is 4.79 Å². The number of hydrogen-bond donors (Lipinski definition) is 1. The molecule has 31 heavy (non-hydrogen) atoms.